The summed E-state index contributed by atoms with van der Waals surface area (Å²) in [6.07, 6.45) is 6.77. The van der Waals surface area contributed by atoms with Gasteiger partial charge in [0.2, 0.25) is 0 Å². The molecule has 2 nitrogen and oxygen atoms in total. The smallest absolute Gasteiger partial charge is 0.0224 e. The van der Waals surface area contributed by atoms with Crippen molar-refractivity contribution in [1.29, 1.82) is 0 Å². The maximum Gasteiger partial charge on any atom is 0.0224 e. The van der Waals surface area contributed by atoms with E-state index in [9.17, 15) is 0 Å². The maximum atomic E-state index is 3.80. The van der Waals surface area contributed by atoms with E-state index in [0.717, 1.165) is 18.0 Å². The van der Waals surface area contributed by atoms with Crippen LogP contribution in [0.1, 0.15) is 38.2 Å². The van der Waals surface area contributed by atoms with Gasteiger partial charge in [0, 0.05) is 31.7 Å². The van der Waals surface area contributed by atoms with Gasteiger partial charge in [-0.25, -0.2) is 0 Å². The lowest BCUT2D eigenvalue weighted by Crippen LogP contribution is -2.57. The quantitative estimate of drug-likeness (QED) is 0.860. The number of nitrogens with one attached hydrogen (secondary N) is 1. The molecular weight excluding hydrogens is 252 g/mol. The van der Waals surface area contributed by atoms with Crippen molar-refractivity contribution in [2.75, 3.05) is 19.6 Å². The normalized spacial score (nSPS) is 28.7. The number of rotatable bonds is 6. The topological polar surface area (TPSA) is 15.3 Å². The molecule has 1 aromatic rings. The zero-order chi connectivity index (χ0) is 13.1. The Hall–Kier alpha value is -0.380. The molecule has 3 heteroatoms. The molecule has 1 aliphatic carbocycles. The van der Waals surface area contributed by atoms with Gasteiger partial charge in [0.15, 0.2) is 0 Å². The van der Waals surface area contributed by atoms with E-state index in [0.29, 0.717) is 0 Å². The lowest BCUT2D eigenvalue weighted by Gasteiger charge is -2.40. The van der Waals surface area contributed by atoms with Gasteiger partial charge in [-0.3, -0.25) is 4.90 Å². The molecule has 0 spiro atoms. The Bertz CT molecular complexity index is 372. The molecule has 1 aliphatic heterocycles. The van der Waals surface area contributed by atoms with Crippen LogP contribution in [0.4, 0.5) is 0 Å². The van der Waals surface area contributed by atoms with Crippen molar-refractivity contribution in [3.8, 4) is 0 Å². The van der Waals surface area contributed by atoms with E-state index in [1.165, 1.54) is 57.3 Å². The molecule has 0 amide bonds. The fraction of sp³-hybridized carbons (Fsp3) is 0.750. The number of hydrogen-bond donors (Lipinski definition) is 1. The van der Waals surface area contributed by atoms with Crippen molar-refractivity contribution in [3.05, 3.63) is 22.4 Å². The summed E-state index contributed by atoms with van der Waals surface area (Å²) in [5.41, 5.74) is 1.52. The summed E-state index contributed by atoms with van der Waals surface area (Å²) in [4.78, 5) is 2.76. The molecule has 1 N–H and O–H groups in total. The van der Waals surface area contributed by atoms with Crippen LogP contribution in [0.25, 0.3) is 0 Å². The van der Waals surface area contributed by atoms with E-state index in [1.54, 1.807) is 0 Å². The summed E-state index contributed by atoms with van der Waals surface area (Å²) < 4.78 is 0. The van der Waals surface area contributed by atoms with Gasteiger partial charge in [-0.15, -0.1) is 0 Å². The minimum atomic E-state index is 0.763. The molecule has 2 atom stereocenters. The summed E-state index contributed by atoms with van der Waals surface area (Å²) >= 11 is 1.82. The lowest BCUT2D eigenvalue weighted by atomic mass is 10.0. The molecule has 2 unspecified atom stereocenters. The second-order valence-electron chi connectivity index (χ2n) is 6.17. The fourth-order valence-corrected chi connectivity index (χ4v) is 4.00. The van der Waals surface area contributed by atoms with E-state index in [1.807, 2.05) is 11.3 Å². The van der Waals surface area contributed by atoms with Crippen LogP contribution in [0.3, 0.4) is 0 Å². The molecule has 1 aromatic heterocycles. The Morgan fingerprint density at radius 2 is 2.32 bits per heavy atom. The van der Waals surface area contributed by atoms with Gasteiger partial charge in [-0.2, -0.15) is 11.3 Å². The van der Waals surface area contributed by atoms with Gasteiger partial charge >= 0.3 is 0 Å². The number of nitrogens with zero attached hydrogens (tertiary/aromatic N) is 1. The molecule has 0 bridgehead atoms. The van der Waals surface area contributed by atoms with Crippen LogP contribution >= 0.6 is 11.3 Å². The van der Waals surface area contributed by atoms with Crippen molar-refractivity contribution in [2.45, 2.75) is 51.1 Å². The Balaban J connectivity index is 1.56. The van der Waals surface area contributed by atoms with Crippen molar-refractivity contribution in [3.63, 3.8) is 0 Å². The number of hydrogen-bond acceptors (Lipinski definition) is 3. The first kappa shape index (κ1) is 13.6. The van der Waals surface area contributed by atoms with E-state index in [-0.39, 0.29) is 0 Å². The highest BCUT2D eigenvalue weighted by atomic mass is 32.1. The van der Waals surface area contributed by atoms with Crippen molar-refractivity contribution >= 4 is 11.3 Å². The van der Waals surface area contributed by atoms with Crippen LogP contribution in [-0.2, 0) is 6.42 Å². The van der Waals surface area contributed by atoms with Crippen molar-refractivity contribution in [1.82, 2.24) is 10.2 Å². The third kappa shape index (κ3) is 3.59. The Labute approximate surface area is 121 Å². The highest BCUT2D eigenvalue weighted by molar-refractivity contribution is 7.07. The molecule has 0 radical (unpaired) electrons. The molecule has 1 saturated heterocycles. The molecule has 2 heterocycles. The monoisotopic (exact) mass is 278 g/mol. The number of piperazine rings is 1. The van der Waals surface area contributed by atoms with Crippen LogP contribution in [-0.4, -0.2) is 36.6 Å². The Morgan fingerprint density at radius 1 is 1.42 bits per heavy atom. The molecule has 106 valence electrons. The summed E-state index contributed by atoms with van der Waals surface area (Å²) in [6.45, 7) is 6.04. The molecule has 2 aliphatic rings. The van der Waals surface area contributed by atoms with Gasteiger partial charge in [-0.1, -0.05) is 13.3 Å². The Morgan fingerprint density at radius 3 is 3.00 bits per heavy atom. The maximum absolute atomic E-state index is 3.80. The summed E-state index contributed by atoms with van der Waals surface area (Å²) in [5.74, 6) is 0.978. The predicted molar refractivity (Wildman–Crippen MR) is 82.8 cm³/mol. The van der Waals surface area contributed by atoms with Crippen molar-refractivity contribution in [2.24, 2.45) is 5.92 Å². The van der Waals surface area contributed by atoms with Crippen LogP contribution < -0.4 is 5.32 Å². The first-order chi connectivity index (χ1) is 9.36. The zero-order valence-corrected chi connectivity index (χ0v) is 12.8. The minimum absolute atomic E-state index is 0.763. The lowest BCUT2D eigenvalue weighted by molar-refractivity contribution is 0.117. The standard InChI is InChI=1S/C16H26N2S/c1-2-3-15-10-17-16(14-4-5-14)11-18(15)8-6-13-7-9-19-12-13/h7,9,12,14-17H,2-6,8,10-11H2,1H3. The fourth-order valence-electron chi connectivity index (χ4n) is 3.30. The molecule has 0 aromatic carbocycles. The van der Waals surface area contributed by atoms with Gasteiger partial charge in [0.1, 0.15) is 0 Å². The van der Waals surface area contributed by atoms with Crippen LogP contribution in [0.5, 0.6) is 0 Å². The summed E-state index contributed by atoms with van der Waals surface area (Å²) in [7, 11) is 0. The minimum Gasteiger partial charge on any atom is -0.311 e. The van der Waals surface area contributed by atoms with E-state index in [4.69, 9.17) is 0 Å². The highest BCUT2D eigenvalue weighted by Crippen LogP contribution is 2.34. The van der Waals surface area contributed by atoms with Crippen LogP contribution in [0.2, 0.25) is 0 Å². The predicted octanol–water partition coefficient (Wildman–Crippen LogP) is 3.14. The van der Waals surface area contributed by atoms with Crippen molar-refractivity contribution < 1.29 is 0 Å². The largest absolute Gasteiger partial charge is 0.311 e. The molecular formula is C16H26N2S. The summed E-state index contributed by atoms with van der Waals surface area (Å²) in [6, 6.07) is 3.81. The highest BCUT2D eigenvalue weighted by Gasteiger charge is 2.36. The van der Waals surface area contributed by atoms with Gasteiger partial charge in [-0.05, 0) is 54.0 Å². The van der Waals surface area contributed by atoms with Crippen LogP contribution in [0.15, 0.2) is 16.8 Å². The third-order valence-corrected chi connectivity index (χ3v) is 5.38. The molecule has 3 rings (SSSR count). The van der Waals surface area contributed by atoms with Gasteiger partial charge in [0.25, 0.3) is 0 Å². The van der Waals surface area contributed by atoms with E-state index < -0.39 is 0 Å². The first-order valence-corrected chi connectivity index (χ1v) is 8.79. The third-order valence-electron chi connectivity index (χ3n) is 4.64. The average Bonchev–Trinajstić information content (AvgIpc) is 3.15. The van der Waals surface area contributed by atoms with E-state index >= 15 is 0 Å². The second-order valence-corrected chi connectivity index (χ2v) is 6.95. The molecule has 2 fully saturated rings. The second kappa shape index (κ2) is 6.38. The van der Waals surface area contributed by atoms with Gasteiger partial charge in [0.05, 0.1) is 0 Å². The van der Waals surface area contributed by atoms with Gasteiger partial charge < -0.3 is 5.32 Å². The SMILES string of the molecule is CCCC1CNC(C2CC2)CN1CCc1ccsc1. The Kier molecular flexibility index (Phi) is 4.57. The average molecular weight is 278 g/mol. The molecule has 19 heavy (non-hydrogen) atoms. The number of thiophene rings is 1. The zero-order valence-electron chi connectivity index (χ0n) is 12.0. The molecule has 1 saturated carbocycles. The van der Waals surface area contributed by atoms with E-state index in [2.05, 4.69) is 34.0 Å². The van der Waals surface area contributed by atoms with Crippen LogP contribution in [0, 0.1) is 5.92 Å². The summed E-state index contributed by atoms with van der Waals surface area (Å²) in [5, 5.41) is 8.30. The first-order valence-electron chi connectivity index (χ1n) is 7.85.